The predicted molar refractivity (Wildman–Crippen MR) is 108 cm³/mol. The summed E-state index contributed by atoms with van der Waals surface area (Å²) in [4.78, 5) is 11.0. The molecule has 3 nitrogen and oxygen atoms in total. The molecule has 0 saturated heterocycles. The molecule has 4 rings (SSSR count). The third kappa shape index (κ3) is 3.13. The van der Waals surface area contributed by atoms with Crippen molar-refractivity contribution in [2.75, 3.05) is 0 Å². The minimum atomic E-state index is -0.694. The lowest BCUT2D eigenvalue weighted by Gasteiger charge is -2.62. The first-order valence-electron chi connectivity index (χ1n) is 11.7. The monoisotopic (exact) mass is 394 g/mol. The zero-order chi connectivity index (χ0) is 20.3. The maximum absolute atomic E-state index is 14.1. The van der Waals surface area contributed by atoms with Gasteiger partial charge in [0.1, 0.15) is 6.17 Å². The van der Waals surface area contributed by atoms with Gasteiger partial charge in [-0.25, -0.2) is 4.39 Å². The van der Waals surface area contributed by atoms with Gasteiger partial charge in [-0.15, -0.1) is 0 Å². The number of hydrogen-bond donors (Lipinski definition) is 2. The Balaban J connectivity index is 1.55. The molecule has 4 heteroatoms. The number of aliphatic hydroxyl groups is 1. The summed E-state index contributed by atoms with van der Waals surface area (Å²) in [6.45, 7) is 7.07. The first kappa shape index (κ1) is 20.6. The summed E-state index contributed by atoms with van der Waals surface area (Å²) in [6, 6.07) is 0. The Kier molecular flexibility index (Phi) is 5.34. The molecule has 0 unspecified atom stereocenters. The molecule has 0 spiro atoms. The van der Waals surface area contributed by atoms with Crippen molar-refractivity contribution < 1.29 is 19.4 Å². The van der Waals surface area contributed by atoms with Crippen molar-refractivity contribution >= 4 is 5.97 Å². The Morgan fingerprint density at radius 1 is 1.07 bits per heavy atom. The lowest BCUT2D eigenvalue weighted by molar-refractivity contribution is -0.170. The predicted octanol–water partition coefficient (Wildman–Crippen LogP) is 5.46. The molecule has 4 aliphatic carbocycles. The van der Waals surface area contributed by atoms with Gasteiger partial charge in [-0.1, -0.05) is 20.8 Å². The van der Waals surface area contributed by atoms with Crippen molar-refractivity contribution in [3.63, 3.8) is 0 Å². The molecule has 2 N–H and O–H groups in total. The first-order valence-corrected chi connectivity index (χ1v) is 11.7. The van der Waals surface area contributed by atoms with Crippen LogP contribution in [0.4, 0.5) is 4.39 Å². The molecule has 28 heavy (non-hydrogen) atoms. The van der Waals surface area contributed by atoms with E-state index in [1.807, 2.05) is 0 Å². The molecule has 0 bridgehead atoms. The zero-order valence-electron chi connectivity index (χ0n) is 17.9. The number of aliphatic hydroxyl groups excluding tert-OH is 1. The van der Waals surface area contributed by atoms with Crippen molar-refractivity contribution in [2.45, 2.75) is 97.3 Å². The van der Waals surface area contributed by atoms with E-state index < -0.39 is 12.1 Å². The summed E-state index contributed by atoms with van der Waals surface area (Å²) in [7, 11) is 0. The number of halogens is 1. The van der Waals surface area contributed by atoms with Crippen LogP contribution in [0.1, 0.15) is 85.0 Å². The van der Waals surface area contributed by atoms with E-state index in [-0.39, 0.29) is 23.4 Å². The molecule has 0 aromatic heterocycles. The van der Waals surface area contributed by atoms with Crippen LogP contribution in [0.15, 0.2) is 0 Å². The average molecular weight is 395 g/mol. The van der Waals surface area contributed by atoms with Crippen LogP contribution < -0.4 is 0 Å². The van der Waals surface area contributed by atoms with Crippen LogP contribution in [-0.4, -0.2) is 28.5 Å². The summed E-state index contributed by atoms with van der Waals surface area (Å²) in [6.07, 6.45) is 7.85. The second-order valence-electron chi connectivity index (χ2n) is 11.3. The number of alkyl halides is 1. The van der Waals surface area contributed by atoms with Crippen molar-refractivity contribution in [3.05, 3.63) is 0 Å². The fourth-order valence-electron chi connectivity index (χ4n) is 8.70. The largest absolute Gasteiger partial charge is 0.481 e. The number of carboxylic acid groups (broad SMARTS) is 1. The Morgan fingerprint density at radius 2 is 1.75 bits per heavy atom. The topological polar surface area (TPSA) is 57.5 Å². The highest BCUT2D eigenvalue weighted by Crippen LogP contribution is 2.68. The number of carbonyl (C=O) groups is 1. The highest BCUT2D eigenvalue weighted by atomic mass is 19.1. The van der Waals surface area contributed by atoms with E-state index in [4.69, 9.17) is 5.11 Å². The minimum Gasteiger partial charge on any atom is -0.481 e. The van der Waals surface area contributed by atoms with Crippen molar-refractivity contribution in [2.24, 2.45) is 46.3 Å². The summed E-state index contributed by atoms with van der Waals surface area (Å²) in [5, 5.41) is 20.3. The van der Waals surface area contributed by atoms with Gasteiger partial charge >= 0.3 is 5.97 Å². The molecule has 0 aromatic rings. The average Bonchev–Trinajstić information content (AvgIpc) is 2.98. The van der Waals surface area contributed by atoms with Crippen LogP contribution in [0.25, 0.3) is 0 Å². The van der Waals surface area contributed by atoms with Gasteiger partial charge in [-0.3, -0.25) is 4.79 Å². The molecular formula is C24H39FO3. The van der Waals surface area contributed by atoms with E-state index in [9.17, 15) is 14.3 Å². The standard InChI is InChI=1S/C24H39FO3/c1-14(4-7-21(27)28)17-5-6-18-22-19(9-11-24(17,18)3)23(2)10-8-16(25)12-15(23)13-20(22)26/h14-20,22,26H,4-13H2,1-3H3,(H,27,28)/t14-,15+,16+,17-,18+,19+,20-,22+,23+,24-/m1/s1. The molecule has 0 aromatic carbocycles. The second kappa shape index (κ2) is 7.25. The van der Waals surface area contributed by atoms with Gasteiger partial charge in [0.25, 0.3) is 0 Å². The number of carboxylic acids is 1. The van der Waals surface area contributed by atoms with Crippen LogP contribution in [0.2, 0.25) is 0 Å². The Hall–Kier alpha value is -0.640. The van der Waals surface area contributed by atoms with Crippen LogP contribution in [0, 0.1) is 46.3 Å². The Bertz CT molecular complexity index is 609. The van der Waals surface area contributed by atoms with Gasteiger partial charge in [0, 0.05) is 6.42 Å². The van der Waals surface area contributed by atoms with Crippen LogP contribution >= 0.6 is 0 Å². The molecule has 4 aliphatic rings. The van der Waals surface area contributed by atoms with E-state index in [0.717, 1.165) is 25.7 Å². The highest BCUT2D eigenvalue weighted by molar-refractivity contribution is 5.66. The summed E-state index contributed by atoms with van der Waals surface area (Å²) in [5.74, 6) is 2.06. The van der Waals surface area contributed by atoms with Crippen molar-refractivity contribution in [3.8, 4) is 0 Å². The molecule has 0 amide bonds. The zero-order valence-corrected chi connectivity index (χ0v) is 17.9. The van der Waals surface area contributed by atoms with Crippen LogP contribution in [0.5, 0.6) is 0 Å². The lowest BCUT2D eigenvalue weighted by Crippen LogP contribution is -2.58. The maximum atomic E-state index is 14.1. The van der Waals surface area contributed by atoms with Crippen molar-refractivity contribution in [1.29, 1.82) is 0 Å². The van der Waals surface area contributed by atoms with E-state index in [1.54, 1.807) is 0 Å². The molecule has 0 heterocycles. The number of hydrogen-bond acceptors (Lipinski definition) is 2. The first-order chi connectivity index (χ1) is 13.2. The van der Waals surface area contributed by atoms with Gasteiger partial charge in [-0.2, -0.15) is 0 Å². The second-order valence-corrected chi connectivity index (χ2v) is 11.3. The number of aliphatic carboxylic acids is 1. The third-order valence-corrected chi connectivity index (χ3v) is 10.2. The van der Waals surface area contributed by atoms with E-state index in [2.05, 4.69) is 20.8 Å². The summed E-state index contributed by atoms with van der Waals surface area (Å²) in [5.41, 5.74) is 0.418. The third-order valence-electron chi connectivity index (χ3n) is 10.2. The van der Waals surface area contributed by atoms with E-state index in [1.165, 1.54) is 19.3 Å². The Labute approximate surface area is 169 Å². The Morgan fingerprint density at radius 3 is 2.46 bits per heavy atom. The number of rotatable bonds is 4. The molecule has 10 atom stereocenters. The normalized spacial score (nSPS) is 51.7. The SMILES string of the molecule is C[C@H](CCC(=O)O)[C@H]1CC[C@H]2[C@@H]3[C@H](O)C[C@@H]4C[C@@H](F)CC[C@]4(C)[C@H]3CC[C@]12C. The summed E-state index contributed by atoms with van der Waals surface area (Å²) >= 11 is 0. The fraction of sp³-hybridized carbons (Fsp3) is 0.958. The quantitative estimate of drug-likeness (QED) is 0.666. The smallest absolute Gasteiger partial charge is 0.303 e. The molecule has 160 valence electrons. The summed E-state index contributed by atoms with van der Waals surface area (Å²) < 4.78 is 14.1. The fourth-order valence-corrected chi connectivity index (χ4v) is 8.70. The van der Waals surface area contributed by atoms with Crippen LogP contribution in [0.3, 0.4) is 0 Å². The molecule has 4 fully saturated rings. The minimum absolute atomic E-state index is 0.195. The van der Waals surface area contributed by atoms with Gasteiger partial charge in [-0.05, 0) is 104 Å². The lowest BCUT2D eigenvalue weighted by atomic mass is 9.43. The van der Waals surface area contributed by atoms with Gasteiger partial charge in [0.2, 0.25) is 0 Å². The molecule has 0 radical (unpaired) electrons. The van der Waals surface area contributed by atoms with E-state index in [0.29, 0.717) is 48.3 Å². The van der Waals surface area contributed by atoms with Gasteiger partial charge in [0.05, 0.1) is 6.10 Å². The molecule has 4 saturated carbocycles. The molecular weight excluding hydrogens is 355 g/mol. The van der Waals surface area contributed by atoms with Gasteiger partial charge < -0.3 is 10.2 Å². The number of fused-ring (bicyclic) bond motifs is 5. The highest BCUT2D eigenvalue weighted by Gasteiger charge is 2.62. The van der Waals surface area contributed by atoms with E-state index >= 15 is 0 Å². The van der Waals surface area contributed by atoms with Crippen LogP contribution in [-0.2, 0) is 4.79 Å². The maximum Gasteiger partial charge on any atom is 0.303 e. The van der Waals surface area contributed by atoms with Crippen molar-refractivity contribution in [1.82, 2.24) is 0 Å². The molecule has 0 aliphatic heterocycles. The van der Waals surface area contributed by atoms with Gasteiger partial charge in [0.15, 0.2) is 0 Å².